The topological polar surface area (TPSA) is 67.9 Å². The van der Waals surface area contributed by atoms with Gasteiger partial charge in [0.2, 0.25) is 5.91 Å². The van der Waals surface area contributed by atoms with Crippen LogP contribution in [0.3, 0.4) is 0 Å². The molecule has 4 aliphatic carbocycles. The van der Waals surface area contributed by atoms with Crippen LogP contribution in [0, 0.1) is 26.7 Å². The van der Waals surface area contributed by atoms with Gasteiger partial charge in [0.05, 0.1) is 20.5 Å². The number of benzene rings is 2. The van der Waals surface area contributed by atoms with E-state index in [9.17, 15) is 9.59 Å². The number of hydrogen-bond acceptors (Lipinski definition) is 6. The highest BCUT2D eigenvalue weighted by Crippen LogP contribution is 2.60. The Morgan fingerprint density at radius 1 is 1.15 bits per heavy atom. The second-order valence-electron chi connectivity index (χ2n) is 11.4. The van der Waals surface area contributed by atoms with Crippen molar-refractivity contribution in [2.45, 2.75) is 52.1 Å². The lowest BCUT2D eigenvalue weighted by atomic mass is 9.49. The molecule has 5 fully saturated rings. The quantitative estimate of drug-likeness (QED) is 0.168. The van der Waals surface area contributed by atoms with Gasteiger partial charge in [0.25, 0.3) is 5.91 Å². The zero-order valence-electron chi connectivity index (χ0n) is 22.4. The molecular formula is C30H29Cl2IN2O4S2. The van der Waals surface area contributed by atoms with Crippen LogP contribution in [0.25, 0.3) is 6.08 Å². The Kier molecular flexibility index (Phi) is 8.55. The third-order valence-corrected chi connectivity index (χ3v) is 11.2. The van der Waals surface area contributed by atoms with E-state index in [0.29, 0.717) is 55.1 Å². The zero-order chi connectivity index (χ0) is 28.9. The summed E-state index contributed by atoms with van der Waals surface area (Å²) in [5, 5.41) is 2.35. The Bertz CT molecular complexity index is 1430. The maximum Gasteiger partial charge on any atom is 0.285 e. The molecule has 0 spiro atoms. The molecule has 4 bridgehead atoms. The monoisotopic (exact) mass is 742 g/mol. The molecule has 5 aliphatic rings. The van der Waals surface area contributed by atoms with Crippen LogP contribution >= 0.6 is 69.8 Å². The molecule has 1 saturated heterocycles. The van der Waals surface area contributed by atoms with Gasteiger partial charge < -0.3 is 9.47 Å². The van der Waals surface area contributed by atoms with Crippen LogP contribution < -0.4 is 14.9 Å². The molecule has 1 N–H and O–H groups in total. The molecule has 2 aromatic rings. The summed E-state index contributed by atoms with van der Waals surface area (Å²) in [5.74, 6) is 2.68. The lowest BCUT2D eigenvalue weighted by molar-refractivity contribution is -0.152. The van der Waals surface area contributed by atoms with Gasteiger partial charge in [-0.15, -0.1) is 0 Å². The smallest absolute Gasteiger partial charge is 0.285 e. The van der Waals surface area contributed by atoms with Crippen LogP contribution in [0.2, 0.25) is 10.0 Å². The number of nitrogens with one attached hydrogen (secondary N) is 1. The number of thiocarbonyl (C=S) groups is 1. The van der Waals surface area contributed by atoms with E-state index in [1.807, 2.05) is 25.1 Å². The number of thioether (sulfide) groups is 1. The summed E-state index contributed by atoms with van der Waals surface area (Å²) >= 11 is 21.3. The van der Waals surface area contributed by atoms with E-state index in [2.05, 4.69) is 28.0 Å². The predicted molar refractivity (Wildman–Crippen MR) is 175 cm³/mol. The summed E-state index contributed by atoms with van der Waals surface area (Å²) < 4.78 is 13.2. The number of hydrogen-bond donors (Lipinski definition) is 1. The van der Waals surface area contributed by atoms with E-state index >= 15 is 0 Å². The molecule has 0 aromatic heterocycles. The molecule has 7 rings (SSSR count). The largest absolute Gasteiger partial charge is 0.490 e. The molecule has 2 amide bonds. The van der Waals surface area contributed by atoms with E-state index in [0.717, 1.165) is 34.0 Å². The molecule has 0 unspecified atom stereocenters. The molecule has 216 valence electrons. The van der Waals surface area contributed by atoms with Crippen molar-refractivity contribution in [1.82, 2.24) is 10.4 Å². The Hall–Kier alpha value is -1.53. The normalized spacial score (nSPS) is 27.6. The van der Waals surface area contributed by atoms with Gasteiger partial charge in [0.15, 0.2) is 15.8 Å². The Morgan fingerprint density at radius 2 is 1.83 bits per heavy atom. The molecule has 11 heteroatoms. The van der Waals surface area contributed by atoms with Gasteiger partial charge in [0, 0.05) is 15.6 Å². The van der Waals surface area contributed by atoms with Crippen molar-refractivity contribution in [3.8, 4) is 11.5 Å². The first-order valence-electron chi connectivity index (χ1n) is 13.8. The Labute approximate surface area is 273 Å². The van der Waals surface area contributed by atoms with Gasteiger partial charge in [0.1, 0.15) is 6.61 Å². The van der Waals surface area contributed by atoms with E-state index < -0.39 is 0 Å². The minimum atomic E-state index is -0.365. The fourth-order valence-electron chi connectivity index (χ4n) is 7.19. The third kappa shape index (κ3) is 5.98. The van der Waals surface area contributed by atoms with Crippen molar-refractivity contribution < 1.29 is 19.1 Å². The SMILES string of the molecule is CCOc1cc(/C=C2/SC(=S)N(NC(=O)C34CC5CC(CC(C5)C3)C4)C2=O)cc(I)c1OCc1ccc(Cl)cc1Cl. The number of carbonyl (C=O) groups is 2. The first-order chi connectivity index (χ1) is 19.6. The molecule has 1 aliphatic heterocycles. The highest BCUT2D eigenvalue weighted by Gasteiger charge is 2.55. The van der Waals surface area contributed by atoms with Crippen molar-refractivity contribution in [3.05, 3.63) is 60.0 Å². The minimum absolute atomic E-state index is 0.0513. The molecule has 41 heavy (non-hydrogen) atoms. The van der Waals surface area contributed by atoms with E-state index in [4.69, 9.17) is 44.9 Å². The summed E-state index contributed by atoms with van der Waals surface area (Å²) in [6.45, 7) is 2.58. The van der Waals surface area contributed by atoms with Crippen molar-refractivity contribution in [2.75, 3.05) is 6.61 Å². The van der Waals surface area contributed by atoms with E-state index in [-0.39, 0.29) is 23.8 Å². The maximum atomic E-state index is 13.6. The van der Waals surface area contributed by atoms with Crippen molar-refractivity contribution in [3.63, 3.8) is 0 Å². The van der Waals surface area contributed by atoms with Gasteiger partial charge >= 0.3 is 0 Å². The number of nitrogens with zero attached hydrogens (tertiary/aromatic N) is 1. The van der Waals surface area contributed by atoms with Crippen LogP contribution in [0.5, 0.6) is 11.5 Å². The number of ether oxygens (including phenoxy) is 2. The van der Waals surface area contributed by atoms with Gasteiger partial charge in [-0.1, -0.05) is 41.0 Å². The summed E-state index contributed by atoms with van der Waals surface area (Å²) in [6.07, 6.45) is 8.29. The van der Waals surface area contributed by atoms with Crippen LogP contribution in [0.4, 0.5) is 0 Å². The summed E-state index contributed by atoms with van der Waals surface area (Å²) in [7, 11) is 0. The van der Waals surface area contributed by atoms with Gasteiger partial charge in [-0.2, -0.15) is 5.01 Å². The number of rotatable bonds is 8. The average molecular weight is 744 g/mol. The number of amides is 2. The van der Waals surface area contributed by atoms with Crippen LogP contribution in [0.1, 0.15) is 56.6 Å². The highest BCUT2D eigenvalue weighted by atomic mass is 127. The lowest BCUT2D eigenvalue weighted by Gasteiger charge is -2.55. The predicted octanol–water partition coefficient (Wildman–Crippen LogP) is 8.02. The van der Waals surface area contributed by atoms with Crippen LogP contribution in [-0.2, 0) is 16.2 Å². The lowest BCUT2D eigenvalue weighted by Crippen LogP contribution is -2.57. The second-order valence-corrected chi connectivity index (χ2v) is 15.1. The third-order valence-electron chi connectivity index (χ3n) is 8.54. The Morgan fingerprint density at radius 3 is 2.46 bits per heavy atom. The van der Waals surface area contributed by atoms with E-state index in [1.54, 1.807) is 18.2 Å². The van der Waals surface area contributed by atoms with Gasteiger partial charge in [-0.3, -0.25) is 15.0 Å². The summed E-state index contributed by atoms with van der Waals surface area (Å²) in [5.41, 5.74) is 4.13. The van der Waals surface area contributed by atoms with Crippen molar-refractivity contribution >= 4 is 92.0 Å². The molecule has 1 heterocycles. The second kappa shape index (κ2) is 11.9. The van der Waals surface area contributed by atoms with Crippen LogP contribution in [-0.4, -0.2) is 27.8 Å². The molecule has 6 nitrogen and oxygen atoms in total. The van der Waals surface area contributed by atoms with Crippen LogP contribution in [0.15, 0.2) is 35.2 Å². The maximum absolute atomic E-state index is 13.6. The fourth-order valence-corrected chi connectivity index (χ4v) is 9.61. The Balaban J connectivity index is 1.18. The number of halogens is 3. The fraction of sp³-hybridized carbons (Fsp3) is 0.433. The van der Waals surface area contributed by atoms with E-state index in [1.165, 1.54) is 36.0 Å². The van der Waals surface area contributed by atoms with Crippen molar-refractivity contribution in [1.29, 1.82) is 0 Å². The van der Waals surface area contributed by atoms with Crippen molar-refractivity contribution in [2.24, 2.45) is 23.2 Å². The first kappa shape index (κ1) is 29.5. The molecule has 4 saturated carbocycles. The molecule has 0 atom stereocenters. The summed E-state index contributed by atoms with van der Waals surface area (Å²) in [6, 6.07) is 9.04. The number of hydrazine groups is 1. The summed E-state index contributed by atoms with van der Waals surface area (Å²) in [4.78, 5) is 27.4. The standard InChI is InChI=1S/C30H29Cl2IN2O4S2/c1-2-38-24-9-16(8-23(33)26(24)39-15-20-3-4-21(31)11-22(20)32)10-25-27(36)35(29(40)41-25)34-28(37)30-12-17-5-18(13-30)7-19(6-17)14-30/h3-4,8-11,17-19H,2,5-7,12-15H2,1H3,(H,34,37)/b25-10+. The molecule has 2 aromatic carbocycles. The van der Waals surface area contributed by atoms with Gasteiger partial charge in [-0.05, 0) is 134 Å². The minimum Gasteiger partial charge on any atom is -0.490 e. The molecular weight excluding hydrogens is 714 g/mol. The first-order valence-corrected chi connectivity index (χ1v) is 16.8. The number of carbonyl (C=O) groups excluding carboxylic acids is 2. The average Bonchev–Trinajstić information content (AvgIpc) is 3.16. The van der Waals surface area contributed by atoms with Gasteiger partial charge in [-0.25, -0.2) is 0 Å². The molecule has 0 radical (unpaired) electrons. The highest BCUT2D eigenvalue weighted by molar-refractivity contribution is 14.1. The zero-order valence-corrected chi connectivity index (χ0v) is 27.7.